The average Bonchev–Trinajstić information content (AvgIpc) is 2.05. The minimum Gasteiger partial charge on any atom is -0.329 e. The molecular formula is C10H22N2. The molecule has 0 bridgehead atoms. The van der Waals surface area contributed by atoms with Crippen molar-refractivity contribution in [2.45, 2.75) is 45.1 Å². The molecule has 0 spiro atoms. The van der Waals surface area contributed by atoms with Crippen LogP contribution in [-0.4, -0.2) is 12.1 Å². The first-order chi connectivity index (χ1) is 5.57. The fourth-order valence-corrected chi connectivity index (χ4v) is 2.20. The van der Waals surface area contributed by atoms with Crippen LogP contribution in [0.15, 0.2) is 0 Å². The maximum atomic E-state index is 6.16. The fraction of sp³-hybridized carbons (Fsp3) is 1.00. The van der Waals surface area contributed by atoms with Crippen LogP contribution in [0.5, 0.6) is 0 Å². The maximum Gasteiger partial charge on any atom is 0.0281 e. The normalized spacial score (nSPS) is 37.2. The van der Waals surface area contributed by atoms with Crippen molar-refractivity contribution < 1.29 is 0 Å². The minimum absolute atomic E-state index is 0.0484. The number of rotatable bonds is 2. The van der Waals surface area contributed by atoms with Crippen LogP contribution in [0.1, 0.15) is 39.5 Å². The van der Waals surface area contributed by atoms with Crippen molar-refractivity contribution >= 4 is 0 Å². The molecule has 12 heavy (non-hydrogen) atoms. The molecule has 1 saturated carbocycles. The SMILES string of the molecule is CC(C)C1CCCC(N)(CN)C1. The third kappa shape index (κ3) is 2.20. The lowest BCUT2D eigenvalue weighted by molar-refractivity contribution is 0.188. The molecule has 0 heterocycles. The molecule has 2 atom stereocenters. The predicted octanol–water partition coefficient (Wildman–Crippen LogP) is 1.49. The molecule has 0 amide bonds. The summed E-state index contributed by atoms with van der Waals surface area (Å²) in [5, 5.41) is 0. The molecule has 0 aliphatic heterocycles. The van der Waals surface area contributed by atoms with Crippen LogP contribution in [-0.2, 0) is 0 Å². The average molecular weight is 170 g/mol. The van der Waals surface area contributed by atoms with E-state index in [0.29, 0.717) is 6.54 Å². The van der Waals surface area contributed by atoms with Gasteiger partial charge in [0.15, 0.2) is 0 Å². The summed E-state index contributed by atoms with van der Waals surface area (Å²) in [5.41, 5.74) is 11.8. The van der Waals surface area contributed by atoms with E-state index in [2.05, 4.69) is 13.8 Å². The summed E-state index contributed by atoms with van der Waals surface area (Å²) in [6.07, 6.45) is 4.85. The lowest BCUT2D eigenvalue weighted by Crippen LogP contribution is -2.50. The van der Waals surface area contributed by atoms with Crippen LogP contribution < -0.4 is 11.5 Å². The van der Waals surface area contributed by atoms with Crippen molar-refractivity contribution in [3.8, 4) is 0 Å². The smallest absolute Gasteiger partial charge is 0.0281 e. The first kappa shape index (κ1) is 10.0. The van der Waals surface area contributed by atoms with Crippen LogP contribution in [0.3, 0.4) is 0 Å². The van der Waals surface area contributed by atoms with Gasteiger partial charge in [0, 0.05) is 12.1 Å². The summed E-state index contributed by atoms with van der Waals surface area (Å²) < 4.78 is 0. The van der Waals surface area contributed by atoms with E-state index in [-0.39, 0.29) is 5.54 Å². The van der Waals surface area contributed by atoms with E-state index in [4.69, 9.17) is 11.5 Å². The van der Waals surface area contributed by atoms with E-state index in [1.165, 1.54) is 12.8 Å². The van der Waals surface area contributed by atoms with E-state index in [9.17, 15) is 0 Å². The van der Waals surface area contributed by atoms with Gasteiger partial charge in [0.1, 0.15) is 0 Å². The Morgan fingerprint density at radius 2 is 2.17 bits per heavy atom. The van der Waals surface area contributed by atoms with Crippen LogP contribution in [0.25, 0.3) is 0 Å². The van der Waals surface area contributed by atoms with Crippen LogP contribution in [0.2, 0.25) is 0 Å². The molecule has 1 rings (SSSR count). The Morgan fingerprint density at radius 1 is 1.50 bits per heavy atom. The first-order valence-electron chi connectivity index (χ1n) is 5.06. The van der Waals surface area contributed by atoms with E-state index >= 15 is 0 Å². The monoisotopic (exact) mass is 170 g/mol. The summed E-state index contributed by atoms with van der Waals surface area (Å²) in [7, 11) is 0. The molecule has 0 saturated heterocycles. The number of hydrogen-bond acceptors (Lipinski definition) is 2. The van der Waals surface area contributed by atoms with Crippen molar-refractivity contribution in [2.75, 3.05) is 6.54 Å². The maximum absolute atomic E-state index is 6.16. The van der Waals surface area contributed by atoms with Crippen molar-refractivity contribution in [1.82, 2.24) is 0 Å². The minimum atomic E-state index is -0.0484. The second kappa shape index (κ2) is 3.75. The molecule has 0 radical (unpaired) electrons. The van der Waals surface area contributed by atoms with Crippen LogP contribution >= 0.6 is 0 Å². The second-order valence-electron chi connectivity index (χ2n) is 4.67. The summed E-state index contributed by atoms with van der Waals surface area (Å²) >= 11 is 0. The Hall–Kier alpha value is -0.0800. The molecule has 2 unspecified atom stereocenters. The van der Waals surface area contributed by atoms with Crippen molar-refractivity contribution in [2.24, 2.45) is 23.3 Å². The van der Waals surface area contributed by atoms with Gasteiger partial charge in [0.2, 0.25) is 0 Å². The standard InChI is InChI=1S/C10H22N2/c1-8(2)9-4-3-5-10(12,6-9)7-11/h8-9H,3-7,11-12H2,1-2H3. The highest BCUT2D eigenvalue weighted by atomic mass is 14.8. The summed E-state index contributed by atoms with van der Waals surface area (Å²) in [5.74, 6) is 1.56. The van der Waals surface area contributed by atoms with Crippen LogP contribution in [0.4, 0.5) is 0 Å². The summed E-state index contributed by atoms with van der Waals surface area (Å²) in [6.45, 7) is 5.22. The molecule has 1 aliphatic carbocycles. The lowest BCUT2D eigenvalue weighted by atomic mass is 9.72. The Morgan fingerprint density at radius 3 is 2.67 bits per heavy atom. The van der Waals surface area contributed by atoms with Gasteiger partial charge in [0.05, 0.1) is 0 Å². The first-order valence-corrected chi connectivity index (χ1v) is 5.06. The van der Waals surface area contributed by atoms with Crippen molar-refractivity contribution in [3.05, 3.63) is 0 Å². The molecule has 1 aliphatic rings. The molecular weight excluding hydrogens is 148 g/mol. The van der Waals surface area contributed by atoms with E-state index in [1.807, 2.05) is 0 Å². The number of nitrogens with two attached hydrogens (primary N) is 2. The van der Waals surface area contributed by atoms with Gasteiger partial charge in [-0.05, 0) is 24.7 Å². The zero-order chi connectivity index (χ0) is 9.19. The zero-order valence-corrected chi connectivity index (χ0v) is 8.34. The van der Waals surface area contributed by atoms with Crippen LogP contribution in [0, 0.1) is 11.8 Å². The predicted molar refractivity (Wildman–Crippen MR) is 52.8 cm³/mol. The van der Waals surface area contributed by atoms with Gasteiger partial charge in [-0.15, -0.1) is 0 Å². The molecule has 2 heteroatoms. The largest absolute Gasteiger partial charge is 0.329 e. The zero-order valence-electron chi connectivity index (χ0n) is 8.34. The van der Waals surface area contributed by atoms with E-state index in [1.54, 1.807) is 0 Å². The fourth-order valence-electron chi connectivity index (χ4n) is 2.20. The van der Waals surface area contributed by atoms with E-state index < -0.39 is 0 Å². The van der Waals surface area contributed by atoms with Gasteiger partial charge in [-0.3, -0.25) is 0 Å². The van der Waals surface area contributed by atoms with Gasteiger partial charge in [-0.1, -0.05) is 26.7 Å². The molecule has 1 fully saturated rings. The topological polar surface area (TPSA) is 52.0 Å². The molecule has 72 valence electrons. The third-order valence-electron chi connectivity index (χ3n) is 3.27. The van der Waals surface area contributed by atoms with Crippen molar-refractivity contribution in [3.63, 3.8) is 0 Å². The second-order valence-corrected chi connectivity index (χ2v) is 4.67. The Bertz CT molecular complexity index is 145. The molecule has 0 aromatic carbocycles. The highest BCUT2D eigenvalue weighted by molar-refractivity contribution is 4.92. The van der Waals surface area contributed by atoms with Gasteiger partial charge in [-0.2, -0.15) is 0 Å². The van der Waals surface area contributed by atoms with Gasteiger partial charge < -0.3 is 11.5 Å². The molecule has 0 aromatic rings. The van der Waals surface area contributed by atoms with Crippen molar-refractivity contribution in [1.29, 1.82) is 0 Å². The highest BCUT2D eigenvalue weighted by Gasteiger charge is 2.32. The van der Waals surface area contributed by atoms with Gasteiger partial charge in [-0.25, -0.2) is 0 Å². The van der Waals surface area contributed by atoms with Gasteiger partial charge in [0.25, 0.3) is 0 Å². The Balaban J connectivity index is 2.51. The number of hydrogen-bond donors (Lipinski definition) is 2. The highest BCUT2D eigenvalue weighted by Crippen LogP contribution is 2.34. The lowest BCUT2D eigenvalue weighted by Gasteiger charge is -2.38. The quantitative estimate of drug-likeness (QED) is 0.659. The third-order valence-corrected chi connectivity index (χ3v) is 3.27. The molecule has 2 nitrogen and oxygen atoms in total. The van der Waals surface area contributed by atoms with Gasteiger partial charge >= 0.3 is 0 Å². The summed E-state index contributed by atoms with van der Waals surface area (Å²) in [6, 6.07) is 0. The van der Waals surface area contributed by atoms with E-state index in [0.717, 1.165) is 24.7 Å². The molecule has 4 N–H and O–H groups in total. The summed E-state index contributed by atoms with van der Waals surface area (Å²) in [4.78, 5) is 0. The Kier molecular flexibility index (Phi) is 3.13. The Labute approximate surface area is 75.7 Å². The molecule has 0 aromatic heterocycles.